The van der Waals surface area contributed by atoms with Crippen molar-refractivity contribution in [2.24, 2.45) is 0 Å². The summed E-state index contributed by atoms with van der Waals surface area (Å²) in [5.74, 6) is 0. The Kier molecular flexibility index (Phi) is 8.23. The average Bonchev–Trinajstić information content (AvgIpc) is 3.49. The van der Waals surface area contributed by atoms with E-state index in [1.807, 2.05) is 0 Å². The zero-order chi connectivity index (χ0) is 37.6. The molecule has 0 bridgehead atoms. The maximum atomic E-state index is 2.41. The zero-order valence-corrected chi connectivity index (χ0v) is 31.7. The molecule has 56 heavy (non-hydrogen) atoms. The summed E-state index contributed by atoms with van der Waals surface area (Å²) in [5.41, 5.74) is 18.3. The minimum Gasteiger partial charge on any atom is -0.310 e. The molecule has 0 heterocycles. The highest BCUT2D eigenvalue weighted by atomic mass is 15.1. The van der Waals surface area contributed by atoms with Crippen LogP contribution >= 0.6 is 0 Å². The van der Waals surface area contributed by atoms with Gasteiger partial charge in [-0.1, -0.05) is 172 Å². The summed E-state index contributed by atoms with van der Waals surface area (Å²) in [5, 5.41) is 2.49. The Balaban J connectivity index is 1.11. The number of anilines is 3. The Bertz CT molecular complexity index is 2810. The molecule has 0 amide bonds. The monoisotopic (exact) mass is 715 g/mol. The fourth-order valence-electron chi connectivity index (χ4n) is 8.66. The van der Waals surface area contributed by atoms with E-state index in [9.17, 15) is 0 Å². The molecule has 266 valence electrons. The molecule has 1 heteroatoms. The molecule has 0 spiro atoms. The van der Waals surface area contributed by atoms with E-state index >= 15 is 0 Å². The minimum absolute atomic E-state index is 0.0467. The van der Waals surface area contributed by atoms with Gasteiger partial charge in [-0.15, -0.1) is 0 Å². The lowest BCUT2D eigenvalue weighted by Gasteiger charge is -2.28. The molecule has 1 nitrogen and oxygen atoms in total. The van der Waals surface area contributed by atoms with E-state index in [1.165, 1.54) is 77.5 Å². The average molecular weight is 716 g/mol. The van der Waals surface area contributed by atoms with Crippen LogP contribution in [0.5, 0.6) is 0 Å². The number of fused-ring (bicyclic) bond motifs is 4. The van der Waals surface area contributed by atoms with Gasteiger partial charge in [0.2, 0.25) is 0 Å². The van der Waals surface area contributed by atoms with Gasteiger partial charge in [-0.2, -0.15) is 0 Å². The summed E-state index contributed by atoms with van der Waals surface area (Å²) in [6, 6.07) is 77.7. The van der Waals surface area contributed by atoms with Crippen LogP contribution in [0, 0.1) is 0 Å². The van der Waals surface area contributed by atoms with Gasteiger partial charge in [-0.05, 0) is 132 Å². The van der Waals surface area contributed by atoms with Crippen LogP contribution in [0.4, 0.5) is 17.1 Å². The highest BCUT2D eigenvalue weighted by molar-refractivity contribution is 5.90. The Morgan fingerprint density at radius 1 is 0.286 bits per heavy atom. The van der Waals surface area contributed by atoms with Gasteiger partial charge in [0.1, 0.15) is 0 Å². The first-order chi connectivity index (χ1) is 27.5. The Labute approximate surface area is 329 Å². The van der Waals surface area contributed by atoms with Gasteiger partial charge < -0.3 is 4.90 Å². The predicted octanol–water partition coefficient (Wildman–Crippen LogP) is 15.3. The second kappa shape index (κ2) is 13.7. The summed E-state index contributed by atoms with van der Waals surface area (Å²) in [7, 11) is 0. The SMILES string of the molecule is CC1(C)c2ccccc2-c2ccc(-c3ccc(N(c4cccc(-c5ccc6ccccc6c5)c4)c4cc(-c5ccccc5)cc(-c5ccccc5)c4)cc3)cc21. The van der Waals surface area contributed by atoms with Gasteiger partial charge in [0.15, 0.2) is 0 Å². The van der Waals surface area contributed by atoms with Crippen LogP contribution in [0.2, 0.25) is 0 Å². The van der Waals surface area contributed by atoms with Crippen molar-refractivity contribution in [3.8, 4) is 55.6 Å². The van der Waals surface area contributed by atoms with Gasteiger partial charge in [0, 0.05) is 22.5 Å². The fraction of sp³-hybridized carbons (Fsp3) is 0.0545. The molecule has 10 rings (SSSR count). The largest absolute Gasteiger partial charge is 0.310 e. The van der Waals surface area contributed by atoms with E-state index in [0.717, 1.165) is 17.1 Å². The molecule has 0 N–H and O–H groups in total. The summed E-state index contributed by atoms with van der Waals surface area (Å²) in [4.78, 5) is 2.41. The fourth-order valence-corrected chi connectivity index (χ4v) is 8.66. The third kappa shape index (κ3) is 5.99. The number of hydrogen-bond donors (Lipinski definition) is 0. The lowest BCUT2D eigenvalue weighted by Crippen LogP contribution is -2.14. The second-order valence-corrected chi connectivity index (χ2v) is 15.4. The molecule has 9 aromatic rings. The topological polar surface area (TPSA) is 3.24 Å². The zero-order valence-electron chi connectivity index (χ0n) is 31.7. The molecule has 0 aliphatic heterocycles. The number of rotatable bonds is 7. The number of hydrogen-bond acceptors (Lipinski definition) is 1. The van der Waals surface area contributed by atoms with Crippen LogP contribution in [0.1, 0.15) is 25.0 Å². The lowest BCUT2D eigenvalue weighted by molar-refractivity contribution is 0.660. The predicted molar refractivity (Wildman–Crippen MR) is 238 cm³/mol. The van der Waals surface area contributed by atoms with Crippen LogP contribution in [0.25, 0.3) is 66.4 Å². The van der Waals surface area contributed by atoms with Crippen molar-refractivity contribution >= 4 is 27.8 Å². The van der Waals surface area contributed by atoms with Gasteiger partial charge >= 0.3 is 0 Å². The quantitative estimate of drug-likeness (QED) is 0.159. The molecule has 1 aliphatic carbocycles. The smallest absolute Gasteiger partial charge is 0.0473 e. The van der Waals surface area contributed by atoms with E-state index in [1.54, 1.807) is 0 Å². The Morgan fingerprint density at radius 2 is 0.804 bits per heavy atom. The van der Waals surface area contributed by atoms with Crippen molar-refractivity contribution < 1.29 is 0 Å². The maximum absolute atomic E-state index is 2.41. The number of nitrogens with zero attached hydrogens (tertiary/aromatic N) is 1. The third-order valence-corrected chi connectivity index (χ3v) is 11.6. The van der Waals surface area contributed by atoms with Crippen molar-refractivity contribution in [2.45, 2.75) is 19.3 Å². The molecular formula is C55H41N. The van der Waals surface area contributed by atoms with Gasteiger partial charge in [0.05, 0.1) is 0 Å². The molecule has 0 saturated heterocycles. The standard InChI is InChI=1S/C55H41N/c1-55(2)53-23-12-11-22-51(53)52-31-28-45(37-54(52)55)41-26-29-48(30-27-41)56(49-21-13-20-43(34-49)44-25-24-40-18-9-10-19-42(40)32-44)50-35-46(38-14-5-3-6-15-38)33-47(36-50)39-16-7-4-8-17-39/h3-37H,1-2H3. The molecule has 0 fully saturated rings. The van der Waals surface area contributed by atoms with Crippen molar-refractivity contribution in [2.75, 3.05) is 4.90 Å². The highest BCUT2D eigenvalue weighted by Gasteiger charge is 2.35. The summed E-state index contributed by atoms with van der Waals surface area (Å²) < 4.78 is 0. The van der Waals surface area contributed by atoms with E-state index in [0.29, 0.717) is 0 Å². The first kappa shape index (κ1) is 33.6. The first-order valence-corrected chi connectivity index (χ1v) is 19.5. The van der Waals surface area contributed by atoms with Crippen LogP contribution in [-0.2, 0) is 5.41 Å². The van der Waals surface area contributed by atoms with Gasteiger partial charge in [-0.25, -0.2) is 0 Å². The highest BCUT2D eigenvalue weighted by Crippen LogP contribution is 2.50. The summed E-state index contributed by atoms with van der Waals surface area (Å²) in [6.45, 7) is 4.70. The first-order valence-electron chi connectivity index (χ1n) is 19.5. The van der Waals surface area contributed by atoms with Crippen molar-refractivity contribution in [3.05, 3.63) is 223 Å². The summed E-state index contributed by atoms with van der Waals surface area (Å²) in [6.07, 6.45) is 0. The van der Waals surface area contributed by atoms with E-state index < -0.39 is 0 Å². The summed E-state index contributed by atoms with van der Waals surface area (Å²) >= 11 is 0. The molecule has 0 saturated carbocycles. The third-order valence-electron chi connectivity index (χ3n) is 11.6. The van der Waals surface area contributed by atoms with E-state index in [2.05, 4.69) is 231 Å². The van der Waals surface area contributed by atoms with Crippen LogP contribution in [-0.4, -0.2) is 0 Å². The van der Waals surface area contributed by atoms with E-state index in [4.69, 9.17) is 0 Å². The van der Waals surface area contributed by atoms with Crippen molar-refractivity contribution in [1.29, 1.82) is 0 Å². The lowest BCUT2D eigenvalue weighted by atomic mass is 9.81. The van der Waals surface area contributed by atoms with Gasteiger partial charge in [-0.3, -0.25) is 0 Å². The molecule has 0 radical (unpaired) electrons. The van der Waals surface area contributed by atoms with Crippen LogP contribution in [0.3, 0.4) is 0 Å². The van der Waals surface area contributed by atoms with Crippen LogP contribution in [0.15, 0.2) is 212 Å². The molecular weight excluding hydrogens is 675 g/mol. The molecule has 0 aromatic heterocycles. The Hall–Kier alpha value is -6.96. The second-order valence-electron chi connectivity index (χ2n) is 15.4. The van der Waals surface area contributed by atoms with Crippen molar-refractivity contribution in [1.82, 2.24) is 0 Å². The van der Waals surface area contributed by atoms with Gasteiger partial charge in [0.25, 0.3) is 0 Å². The van der Waals surface area contributed by atoms with E-state index in [-0.39, 0.29) is 5.41 Å². The molecule has 0 atom stereocenters. The number of benzene rings is 9. The maximum Gasteiger partial charge on any atom is 0.0473 e. The Morgan fingerprint density at radius 3 is 1.54 bits per heavy atom. The van der Waals surface area contributed by atoms with Crippen molar-refractivity contribution in [3.63, 3.8) is 0 Å². The molecule has 9 aromatic carbocycles. The molecule has 1 aliphatic rings. The van der Waals surface area contributed by atoms with Crippen LogP contribution < -0.4 is 4.90 Å². The minimum atomic E-state index is -0.0467. The molecule has 0 unspecified atom stereocenters. The normalized spacial score (nSPS) is 12.6.